The number of nitrogens with zero attached hydrogens (tertiary/aromatic N) is 1. The predicted molar refractivity (Wildman–Crippen MR) is 61.6 cm³/mol. The molecular formula is C11H18N2O4. The molecule has 0 radical (unpaired) electrons. The minimum Gasteiger partial charge on any atom is -0.479 e. The number of aliphatic carboxylic acids is 1. The van der Waals surface area contributed by atoms with Gasteiger partial charge in [0.25, 0.3) is 0 Å². The molecule has 0 saturated carbocycles. The highest BCUT2D eigenvalue weighted by Gasteiger charge is 2.17. The van der Waals surface area contributed by atoms with Crippen molar-refractivity contribution >= 4 is 12.0 Å². The van der Waals surface area contributed by atoms with Crippen molar-refractivity contribution < 1.29 is 19.8 Å². The number of hydrogen-bond acceptors (Lipinski definition) is 3. The number of carbonyl (C=O) groups excluding carboxylic acids is 1. The topological polar surface area (TPSA) is 89.9 Å². The van der Waals surface area contributed by atoms with Crippen LogP contribution in [-0.2, 0) is 4.79 Å². The van der Waals surface area contributed by atoms with Gasteiger partial charge in [0.05, 0.1) is 0 Å². The van der Waals surface area contributed by atoms with E-state index in [0.29, 0.717) is 13.1 Å². The van der Waals surface area contributed by atoms with Crippen LogP contribution in [0.2, 0.25) is 0 Å². The fraction of sp³-hybridized carbons (Fsp3) is 0.636. The number of carboxylic acids is 1. The van der Waals surface area contributed by atoms with Gasteiger partial charge < -0.3 is 20.4 Å². The molecule has 1 heterocycles. The van der Waals surface area contributed by atoms with Gasteiger partial charge in [-0.1, -0.05) is 11.6 Å². The number of aliphatic hydroxyl groups is 1. The van der Waals surface area contributed by atoms with Crippen molar-refractivity contribution in [3.63, 3.8) is 0 Å². The maximum absolute atomic E-state index is 11.7. The van der Waals surface area contributed by atoms with Crippen LogP contribution in [0.25, 0.3) is 0 Å². The monoisotopic (exact) mass is 242 g/mol. The predicted octanol–water partition coefficient (Wildman–Crippen LogP) is 0.184. The van der Waals surface area contributed by atoms with Crippen LogP contribution >= 0.6 is 0 Å². The second-order valence-corrected chi connectivity index (χ2v) is 4.14. The number of amides is 2. The van der Waals surface area contributed by atoms with Gasteiger partial charge >= 0.3 is 12.0 Å². The lowest BCUT2D eigenvalue weighted by Crippen LogP contribution is -2.43. The number of aliphatic hydroxyl groups excluding tert-OH is 1. The first kappa shape index (κ1) is 13.5. The average Bonchev–Trinajstić information content (AvgIpc) is 2.28. The fourth-order valence-corrected chi connectivity index (χ4v) is 1.64. The molecule has 0 unspecified atom stereocenters. The fourth-order valence-electron chi connectivity index (χ4n) is 1.64. The van der Waals surface area contributed by atoms with Crippen molar-refractivity contribution in [2.75, 3.05) is 19.6 Å². The Morgan fingerprint density at radius 1 is 1.59 bits per heavy atom. The summed E-state index contributed by atoms with van der Waals surface area (Å²) in [5, 5.41) is 20.1. The van der Waals surface area contributed by atoms with E-state index < -0.39 is 12.1 Å². The summed E-state index contributed by atoms with van der Waals surface area (Å²) in [6.07, 6.45) is 1.54. The van der Waals surface area contributed by atoms with Crippen LogP contribution < -0.4 is 5.32 Å². The normalized spacial score (nSPS) is 17.3. The first-order chi connectivity index (χ1) is 8.00. The van der Waals surface area contributed by atoms with Crippen LogP contribution in [0, 0.1) is 0 Å². The van der Waals surface area contributed by atoms with Gasteiger partial charge in [-0.3, -0.25) is 0 Å². The molecule has 2 amide bonds. The Bertz CT molecular complexity index is 327. The Labute approximate surface area is 99.9 Å². The lowest BCUT2D eigenvalue weighted by Gasteiger charge is -2.26. The van der Waals surface area contributed by atoms with Crippen molar-refractivity contribution in [1.29, 1.82) is 0 Å². The summed E-state index contributed by atoms with van der Waals surface area (Å²) in [6.45, 7) is 3.40. The number of carboxylic acid groups (broad SMARTS) is 1. The third-order valence-corrected chi connectivity index (χ3v) is 2.60. The van der Waals surface area contributed by atoms with Crippen molar-refractivity contribution in [1.82, 2.24) is 10.2 Å². The molecule has 0 bridgehead atoms. The van der Waals surface area contributed by atoms with E-state index in [2.05, 4.69) is 11.4 Å². The molecule has 0 aromatic heterocycles. The number of carbonyl (C=O) groups is 2. The number of nitrogens with one attached hydrogen (secondary N) is 1. The van der Waals surface area contributed by atoms with Gasteiger partial charge in [-0.2, -0.15) is 0 Å². The van der Waals surface area contributed by atoms with Gasteiger partial charge in [-0.15, -0.1) is 0 Å². The van der Waals surface area contributed by atoms with E-state index >= 15 is 0 Å². The minimum atomic E-state index is -1.42. The average molecular weight is 242 g/mol. The van der Waals surface area contributed by atoms with Crippen LogP contribution in [0.4, 0.5) is 4.79 Å². The quantitative estimate of drug-likeness (QED) is 0.614. The van der Waals surface area contributed by atoms with Crippen LogP contribution in [-0.4, -0.2) is 52.9 Å². The highest BCUT2D eigenvalue weighted by Crippen LogP contribution is 2.08. The Balaban J connectivity index is 2.26. The third-order valence-electron chi connectivity index (χ3n) is 2.60. The molecule has 0 fully saturated rings. The molecule has 96 valence electrons. The van der Waals surface area contributed by atoms with Crippen molar-refractivity contribution in [3.05, 3.63) is 11.6 Å². The molecule has 0 aromatic rings. The Morgan fingerprint density at radius 2 is 2.29 bits per heavy atom. The first-order valence-electron chi connectivity index (χ1n) is 5.60. The smallest absolute Gasteiger partial charge is 0.332 e. The second kappa shape index (κ2) is 6.24. The number of hydrogen-bond donors (Lipinski definition) is 3. The molecule has 6 nitrogen and oxygen atoms in total. The molecule has 1 aliphatic heterocycles. The largest absolute Gasteiger partial charge is 0.479 e. The highest BCUT2D eigenvalue weighted by molar-refractivity contribution is 5.75. The molecular weight excluding hydrogens is 224 g/mol. The lowest BCUT2D eigenvalue weighted by molar-refractivity contribution is -0.146. The summed E-state index contributed by atoms with van der Waals surface area (Å²) in [4.78, 5) is 23.7. The second-order valence-electron chi connectivity index (χ2n) is 4.14. The van der Waals surface area contributed by atoms with Crippen molar-refractivity contribution in [2.24, 2.45) is 0 Å². The molecule has 1 rings (SSSR count). The Kier molecular flexibility index (Phi) is 4.96. The first-order valence-corrected chi connectivity index (χ1v) is 5.60. The zero-order chi connectivity index (χ0) is 12.8. The molecule has 3 N–H and O–H groups in total. The van der Waals surface area contributed by atoms with Gasteiger partial charge in [-0.25, -0.2) is 9.59 Å². The Hall–Kier alpha value is -1.56. The number of urea groups is 1. The summed E-state index contributed by atoms with van der Waals surface area (Å²) in [5.74, 6) is -1.27. The highest BCUT2D eigenvalue weighted by atomic mass is 16.4. The number of rotatable bonds is 4. The SMILES string of the molecule is CC1=CCCN(C(=O)NCC[C@H](O)C(=O)O)C1. The summed E-state index contributed by atoms with van der Waals surface area (Å²) in [5.41, 5.74) is 1.15. The van der Waals surface area contributed by atoms with Crippen molar-refractivity contribution in [3.8, 4) is 0 Å². The zero-order valence-corrected chi connectivity index (χ0v) is 9.85. The Morgan fingerprint density at radius 3 is 2.88 bits per heavy atom. The molecule has 1 atom stereocenters. The van der Waals surface area contributed by atoms with Gasteiger partial charge in [-0.05, 0) is 13.3 Å². The van der Waals surface area contributed by atoms with E-state index in [1.54, 1.807) is 4.90 Å². The molecule has 0 aromatic carbocycles. The maximum Gasteiger partial charge on any atom is 0.332 e. The van der Waals surface area contributed by atoms with E-state index in [4.69, 9.17) is 10.2 Å². The molecule has 17 heavy (non-hydrogen) atoms. The summed E-state index contributed by atoms with van der Waals surface area (Å²) >= 11 is 0. The van der Waals surface area contributed by atoms with E-state index in [9.17, 15) is 9.59 Å². The van der Waals surface area contributed by atoms with E-state index in [0.717, 1.165) is 12.0 Å². The van der Waals surface area contributed by atoms with Crippen LogP contribution in [0.1, 0.15) is 19.8 Å². The summed E-state index contributed by atoms with van der Waals surface area (Å²) in [6, 6.07) is -0.213. The molecule has 0 saturated heterocycles. The van der Waals surface area contributed by atoms with Crippen molar-refractivity contribution in [2.45, 2.75) is 25.9 Å². The van der Waals surface area contributed by atoms with E-state index in [-0.39, 0.29) is 19.0 Å². The molecule has 6 heteroatoms. The van der Waals surface area contributed by atoms with Gasteiger partial charge in [0, 0.05) is 26.1 Å². The molecule has 1 aliphatic rings. The standard InChI is InChI=1S/C11H18N2O4/c1-8-3-2-6-13(7-8)11(17)12-5-4-9(14)10(15)16/h3,9,14H,2,4-7H2,1H3,(H,12,17)(H,15,16)/t9-/m0/s1. The van der Waals surface area contributed by atoms with E-state index in [1.807, 2.05) is 6.92 Å². The maximum atomic E-state index is 11.7. The van der Waals surface area contributed by atoms with Crippen LogP contribution in [0.15, 0.2) is 11.6 Å². The third kappa shape index (κ3) is 4.44. The van der Waals surface area contributed by atoms with Crippen LogP contribution in [0.3, 0.4) is 0 Å². The van der Waals surface area contributed by atoms with Gasteiger partial charge in [0.2, 0.25) is 0 Å². The summed E-state index contributed by atoms with van der Waals surface area (Å²) < 4.78 is 0. The lowest BCUT2D eigenvalue weighted by atomic mass is 10.1. The minimum absolute atomic E-state index is 0.0176. The van der Waals surface area contributed by atoms with Crippen LogP contribution in [0.5, 0.6) is 0 Å². The van der Waals surface area contributed by atoms with E-state index in [1.165, 1.54) is 0 Å². The summed E-state index contributed by atoms with van der Waals surface area (Å²) in [7, 11) is 0. The zero-order valence-electron chi connectivity index (χ0n) is 9.85. The molecule has 0 aliphatic carbocycles. The van der Waals surface area contributed by atoms with Gasteiger partial charge in [0.15, 0.2) is 6.10 Å². The molecule has 0 spiro atoms. The van der Waals surface area contributed by atoms with Gasteiger partial charge in [0.1, 0.15) is 0 Å².